The molecule has 3 aromatic carbocycles. The van der Waals surface area contributed by atoms with E-state index in [0.717, 1.165) is 28.4 Å². The lowest BCUT2D eigenvalue weighted by atomic mass is 9.90. The van der Waals surface area contributed by atoms with Gasteiger partial charge in [-0.05, 0) is 45.8 Å². The molecule has 5 nitrogen and oxygen atoms in total. The quantitative estimate of drug-likeness (QED) is 0.553. The number of hydrogen-bond donors (Lipinski definition) is 0. The SMILES string of the molecule is COc1ccc(-n2nnnc2C(c2ccccc2)c2ccccc2)cc1. The van der Waals surface area contributed by atoms with E-state index in [4.69, 9.17) is 4.74 Å². The molecule has 0 unspecified atom stereocenters. The standard InChI is InChI=1S/C21H18N4O/c1-26-19-14-12-18(13-15-19)25-21(22-23-24-25)20(16-8-4-2-5-9-16)17-10-6-3-7-11-17/h2-15,20H,1H3. The molecule has 26 heavy (non-hydrogen) atoms. The van der Waals surface area contributed by atoms with E-state index >= 15 is 0 Å². The molecular formula is C21H18N4O. The fraction of sp³-hybridized carbons (Fsp3) is 0.0952. The Hall–Kier alpha value is -3.47. The third kappa shape index (κ3) is 3.07. The average Bonchev–Trinajstić information content (AvgIpc) is 3.19. The van der Waals surface area contributed by atoms with Gasteiger partial charge in [0.2, 0.25) is 0 Å². The molecule has 4 aromatic rings. The summed E-state index contributed by atoms with van der Waals surface area (Å²) in [5.41, 5.74) is 3.18. The molecule has 0 aliphatic carbocycles. The summed E-state index contributed by atoms with van der Waals surface area (Å²) in [6.45, 7) is 0. The molecule has 0 saturated heterocycles. The van der Waals surface area contributed by atoms with Crippen molar-refractivity contribution in [1.29, 1.82) is 0 Å². The highest BCUT2D eigenvalue weighted by molar-refractivity contribution is 5.42. The summed E-state index contributed by atoms with van der Waals surface area (Å²) in [5, 5.41) is 12.5. The molecule has 0 aliphatic heterocycles. The maximum absolute atomic E-state index is 5.24. The minimum Gasteiger partial charge on any atom is -0.497 e. The van der Waals surface area contributed by atoms with Crippen LogP contribution in [0.5, 0.6) is 5.75 Å². The van der Waals surface area contributed by atoms with E-state index in [9.17, 15) is 0 Å². The van der Waals surface area contributed by atoms with Crippen LogP contribution in [0.3, 0.4) is 0 Å². The Balaban J connectivity index is 1.84. The number of ether oxygens (including phenoxy) is 1. The predicted molar refractivity (Wildman–Crippen MR) is 99.5 cm³/mol. The zero-order valence-electron chi connectivity index (χ0n) is 14.4. The molecule has 128 valence electrons. The molecule has 0 N–H and O–H groups in total. The summed E-state index contributed by atoms with van der Waals surface area (Å²) in [7, 11) is 1.65. The average molecular weight is 342 g/mol. The Morgan fingerprint density at radius 2 is 1.35 bits per heavy atom. The first-order chi connectivity index (χ1) is 12.9. The first-order valence-electron chi connectivity index (χ1n) is 8.39. The predicted octanol–water partition coefficient (Wildman–Crippen LogP) is 3.85. The van der Waals surface area contributed by atoms with Gasteiger partial charge in [-0.1, -0.05) is 60.7 Å². The normalized spacial score (nSPS) is 10.8. The Labute approximate surface area is 151 Å². The Kier molecular flexibility index (Phi) is 4.43. The molecule has 0 saturated carbocycles. The third-order valence-electron chi connectivity index (χ3n) is 4.33. The van der Waals surface area contributed by atoms with Gasteiger partial charge in [0.25, 0.3) is 0 Å². The van der Waals surface area contributed by atoms with Gasteiger partial charge in [0, 0.05) is 0 Å². The second-order valence-electron chi connectivity index (χ2n) is 5.90. The van der Waals surface area contributed by atoms with Crippen LogP contribution in [0.15, 0.2) is 84.9 Å². The topological polar surface area (TPSA) is 52.8 Å². The van der Waals surface area contributed by atoms with Gasteiger partial charge in [0.15, 0.2) is 5.82 Å². The minimum absolute atomic E-state index is 0.0606. The second-order valence-corrected chi connectivity index (χ2v) is 5.90. The molecule has 1 aromatic heterocycles. The van der Waals surface area contributed by atoms with E-state index < -0.39 is 0 Å². The van der Waals surface area contributed by atoms with Gasteiger partial charge in [-0.2, -0.15) is 4.68 Å². The summed E-state index contributed by atoms with van der Waals surface area (Å²) in [6, 6.07) is 28.3. The van der Waals surface area contributed by atoms with Gasteiger partial charge >= 0.3 is 0 Å². The van der Waals surface area contributed by atoms with E-state index in [1.54, 1.807) is 11.8 Å². The van der Waals surface area contributed by atoms with Crippen molar-refractivity contribution in [3.05, 3.63) is 102 Å². The lowest BCUT2D eigenvalue weighted by Gasteiger charge is -2.17. The highest BCUT2D eigenvalue weighted by Crippen LogP contribution is 2.31. The van der Waals surface area contributed by atoms with Crippen molar-refractivity contribution >= 4 is 0 Å². The number of rotatable bonds is 5. The molecule has 0 fully saturated rings. The molecule has 5 heteroatoms. The van der Waals surface area contributed by atoms with Crippen LogP contribution in [0.2, 0.25) is 0 Å². The summed E-state index contributed by atoms with van der Waals surface area (Å²) in [6.07, 6.45) is 0. The van der Waals surface area contributed by atoms with Crippen molar-refractivity contribution in [2.75, 3.05) is 7.11 Å². The lowest BCUT2D eigenvalue weighted by molar-refractivity contribution is 0.414. The zero-order valence-corrected chi connectivity index (χ0v) is 14.4. The van der Waals surface area contributed by atoms with Crippen LogP contribution in [0.1, 0.15) is 22.9 Å². The minimum atomic E-state index is -0.0606. The van der Waals surface area contributed by atoms with Crippen LogP contribution < -0.4 is 4.74 Å². The summed E-state index contributed by atoms with van der Waals surface area (Å²) in [4.78, 5) is 0. The van der Waals surface area contributed by atoms with Crippen molar-refractivity contribution in [2.45, 2.75) is 5.92 Å². The first kappa shape index (κ1) is 16.0. The third-order valence-corrected chi connectivity index (χ3v) is 4.33. The summed E-state index contributed by atoms with van der Waals surface area (Å²) in [5.74, 6) is 1.51. The summed E-state index contributed by atoms with van der Waals surface area (Å²) >= 11 is 0. The van der Waals surface area contributed by atoms with Gasteiger partial charge in [-0.15, -0.1) is 5.10 Å². The zero-order chi connectivity index (χ0) is 17.8. The van der Waals surface area contributed by atoms with Crippen LogP contribution in [0, 0.1) is 0 Å². The Morgan fingerprint density at radius 3 is 1.88 bits per heavy atom. The molecule has 0 aliphatic rings. The lowest BCUT2D eigenvalue weighted by Crippen LogP contribution is -2.11. The van der Waals surface area contributed by atoms with Crippen molar-refractivity contribution in [2.24, 2.45) is 0 Å². The van der Waals surface area contributed by atoms with Gasteiger partial charge < -0.3 is 4.74 Å². The van der Waals surface area contributed by atoms with Gasteiger partial charge in [0.05, 0.1) is 18.7 Å². The highest BCUT2D eigenvalue weighted by Gasteiger charge is 2.23. The van der Waals surface area contributed by atoms with Crippen molar-refractivity contribution in [1.82, 2.24) is 20.2 Å². The van der Waals surface area contributed by atoms with E-state index in [0.29, 0.717) is 0 Å². The number of benzene rings is 3. The van der Waals surface area contributed by atoms with Crippen LogP contribution >= 0.6 is 0 Å². The molecule has 1 heterocycles. The molecule has 4 rings (SSSR count). The second kappa shape index (κ2) is 7.19. The van der Waals surface area contributed by atoms with Gasteiger partial charge in [0.1, 0.15) is 5.75 Å². The van der Waals surface area contributed by atoms with Crippen LogP contribution in [0.4, 0.5) is 0 Å². The first-order valence-corrected chi connectivity index (χ1v) is 8.39. The number of hydrogen-bond acceptors (Lipinski definition) is 4. The molecule has 0 amide bonds. The fourth-order valence-electron chi connectivity index (χ4n) is 3.06. The smallest absolute Gasteiger partial charge is 0.168 e. The molecule has 0 radical (unpaired) electrons. The van der Waals surface area contributed by atoms with Crippen LogP contribution in [-0.2, 0) is 0 Å². The number of tetrazole rings is 1. The monoisotopic (exact) mass is 342 g/mol. The van der Waals surface area contributed by atoms with Crippen molar-refractivity contribution in [3.63, 3.8) is 0 Å². The molecular weight excluding hydrogens is 324 g/mol. The van der Waals surface area contributed by atoms with Crippen LogP contribution in [0.25, 0.3) is 5.69 Å². The molecule has 0 spiro atoms. The summed E-state index contributed by atoms with van der Waals surface area (Å²) < 4.78 is 7.02. The highest BCUT2D eigenvalue weighted by atomic mass is 16.5. The van der Waals surface area contributed by atoms with Crippen LogP contribution in [-0.4, -0.2) is 27.3 Å². The largest absolute Gasteiger partial charge is 0.497 e. The maximum Gasteiger partial charge on any atom is 0.168 e. The fourth-order valence-corrected chi connectivity index (χ4v) is 3.06. The number of methoxy groups -OCH3 is 1. The van der Waals surface area contributed by atoms with Crippen molar-refractivity contribution < 1.29 is 4.74 Å². The number of aromatic nitrogens is 4. The van der Waals surface area contributed by atoms with E-state index in [2.05, 4.69) is 39.8 Å². The maximum atomic E-state index is 5.24. The Bertz CT molecular complexity index is 926. The van der Waals surface area contributed by atoms with Crippen molar-refractivity contribution in [3.8, 4) is 11.4 Å². The molecule has 0 bridgehead atoms. The Morgan fingerprint density at radius 1 is 0.769 bits per heavy atom. The van der Waals surface area contributed by atoms with E-state index in [1.165, 1.54) is 0 Å². The number of nitrogens with zero attached hydrogens (tertiary/aromatic N) is 4. The van der Waals surface area contributed by atoms with Gasteiger partial charge in [-0.25, -0.2) is 0 Å². The van der Waals surface area contributed by atoms with E-state index in [1.807, 2.05) is 60.7 Å². The van der Waals surface area contributed by atoms with Gasteiger partial charge in [-0.3, -0.25) is 0 Å². The molecule has 0 atom stereocenters. The van der Waals surface area contributed by atoms with E-state index in [-0.39, 0.29) is 5.92 Å².